The molecule has 2 aliphatic heterocycles. The van der Waals surface area contributed by atoms with Crippen LogP contribution in [0.4, 0.5) is 11.4 Å². The number of nitro groups is 1. The molecular formula is C13H17ClN4O2. The largest absolute Gasteiger partial charge is 0.368 e. The first-order valence-corrected chi connectivity index (χ1v) is 7.16. The van der Waals surface area contributed by atoms with Crippen LogP contribution in [0.2, 0.25) is 5.02 Å². The van der Waals surface area contributed by atoms with Gasteiger partial charge in [0.1, 0.15) is 0 Å². The molecule has 0 radical (unpaired) electrons. The SMILES string of the molecule is O=[N+]([O-])c1ccc(N2CCN(C3CNC3)CC2)c(Cl)c1. The van der Waals surface area contributed by atoms with Gasteiger partial charge in [-0.05, 0) is 6.07 Å². The lowest BCUT2D eigenvalue weighted by molar-refractivity contribution is -0.384. The summed E-state index contributed by atoms with van der Waals surface area (Å²) in [6.45, 7) is 6.01. The number of anilines is 1. The topological polar surface area (TPSA) is 61.7 Å². The summed E-state index contributed by atoms with van der Waals surface area (Å²) in [5.74, 6) is 0. The Bertz CT molecular complexity index is 513. The molecule has 0 spiro atoms. The number of nitrogens with zero attached hydrogens (tertiary/aromatic N) is 3. The number of piperazine rings is 1. The number of nitrogens with one attached hydrogen (secondary N) is 1. The minimum absolute atomic E-state index is 0.0397. The minimum atomic E-state index is -0.419. The third-order valence-corrected chi connectivity index (χ3v) is 4.38. The molecule has 0 amide bonds. The Labute approximate surface area is 122 Å². The van der Waals surface area contributed by atoms with Gasteiger partial charge in [-0.3, -0.25) is 15.0 Å². The number of hydrogen-bond acceptors (Lipinski definition) is 5. The summed E-state index contributed by atoms with van der Waals surface area (Å²) >= 11 is 6.17. The predicted octanol–water partition coefficient (Wildman–Crippen LogP) is 1.34. The molecule has 108 valence electrons. The molecule has 1 aromatic carbocycles. The van der Waals surface area contributed by atoms with Crippen LogP contribution >= 0.6 is 11.6 Å². The quantitative estimate of drug-likeness (QED) is 0.674. The maximum Gasteiger partial charge on any atom is 0.271 e. The summed E-state index contributed by atoms with van der Waals surface area (Å²) in [6, 6.07) is 5.37. The van der Waals surface area contributed by atoms with Crippen molar-refractivity contribution in [2.45, 2.75) is 6.04 Å². The molecule has 7 heteroatoms. The summed E-state index contributed by atoms with van der Waals surface area (Å²) < 4.78 is 0. The fraction of sp³-hybridized carbons (Fsp3) is 0.538. The molecule has 0 aliphatic carbocycles. The van der Waals surface area contributed by atoms with Crippen LogP contribution < -0.4 is 10.2 Å². The van der Waals surface area contributed by atoms with Gasteiger partial charge in [-0.15, -0.1) is 0 Å². The monoisotopic (exact) mass is 296 g/mol. The smallest absolute Gasteiger partial charge is 0.271 e. The van der Waals surface area contributed by atoms with E-state index in [1.165, 1.54) is 12.1 Å². The summed E-state index contributed by atoms with van der Waals surface area (Å²) in [5, 5.41) is 14.5. The molecule has 2 aliphatic rings. The fourth-order valence-corrected chi connectivity index (χ4v) is 3.02. The average molecular weight is 297 g/mol. The average Bonchev–Trinajstić information content (AvgIpc) is 2.37. The molecule has 2 saturated heterocycles. The van der Waals surface area contributed by atoms with Gasteiger partial charge in [0.2, 0.25) is 0 Å². The summed E-state index contributed by atoms with van der Waals surface area (Å²) in [5.41, 5.74) is 0.932. The highest BCUT2D eigenvalue weighted by Gasteiger charge is 2.28. The Balaban J connectivity index is 1.66. The number of benzene rings is 1. The van der Waals surface area contributed by atoms with E-state index in [4.69, 9.17) is 11.6 Å². The van der Waals surface area contributed by atoms with E-state index in [1.54, 1.807) is 6.07 Å². The highest BCUT2D eigenvalue weighted by atomic mass is 35.5. The van der Waals surface area contributed by atoms with Gasteiger partial charge in [0.05, 0.1) is 15.6 Å². The van der Waals surface area contributed by atoms with E-state index in [2.05, 4.69) is 15.1 Å². The number of hydrogen-bond donors (Lipinski definition) is 1. The first-order chi connectivity index (χ1) is 9.65. The Hall–Kier alpha value is -1.37. The molecule has 0 aromatic heterocycles. The molecule has 1 N–H and O–H groups in total. The van der Waals surface area contributed by atoms with Gasteiger partial charge < -0.3 is 10.2 Å². The molecular weight excluding hydrogens is 280 g/mol. The molecule has 2 heterocycles. The Kier molecular flexibility index (Phi) is 3.78. The molecule has 20 heavy (non-hydrogen) atoms. The van der Waals surface area contributed by atoms with Crippen molar-refractivity contribution in [3.8, 4) is 0 Å². The van der Waals surface area contributed by atoms with E-state index in [1.807, 2.05) is 0 Å². The lowest BCUT2D eigenvalue weighted by atomic mass is 10.1. The van der Waals surface area contributed by atoms with Crippen molar-refractivity contribution < 1.29 is 4.92 Å². The second-order valence-corrected chi connectivity index (χ2v) is 5.64. The van der Waals surface area contributed by atoms with Crippen molar-refractivity contribution in [3.63, 3.8) is 0 Å². The summed E-state index contributed by atoms with van der Waals surface area (Å²) in [7, 11) is 0. The van der Waals surface area contributed by atoms with E-state index in [-0.39, 0.29) is 5.69 Å². The molecule has 0 unspecified atom stereocenters. The van der Waals surface area contributed by atoms with Gasteiger partial charge in [-0.25, -0.2) is 0 Å². The van der Waals surface area contributed by atoms with E-state index in [9.17, 15) is 10.1 Å². The van der Waals surface area contributed by atoms with Gasteiger partial charge in [-0.1, -0.05) is 11.6 Å². The first-order valence-electron chi connectivity index (χ1n) is 6.79. The summed E-state index contributed by atoms with van der Waals surface area (Å²) in [6.07, 6.45) is 0. The Morgan fingerprint density at radius 1 is 1.25 bits per heavy atom. The summed E-state index contributed by atoms with van der Waals surface area (Å²) in [4.78, 5) is 15.0. The normalized spacial score (nSPS) is 20.8. The maximum absolute atomic E-state index is 10.7. The van der Waals surface area contributed by atoms with Gasteiger partial charge >= 0.3 is 0 Å². The lowest BCUT2D eigenvalue weighted by Crippen LogP contribution is -2.61. The van der Waals surface area contributed by atoms with Crippen molar-refractivity contribution in [2.24, 2.45) is 0 Å². The molecule has 1 aromatic rings. The number of nitro benzene ring substituents is 1. The van der Waals surface area contributed by atoms with Crippen LogP contribution in [0.1, 0.15) is 0 Å². The number of rotatable bonds is 3. The van der Waals surface area contributed by atoms with Crippen molar-refractivity contribution in [1.82, 2.24) is 10.2 Å². The fourth-order valence-electron chi connectivity index (χ4n) is 2.73. The highest BCUT2D eigenvalue weighted by molar-refractivity contribution is 6.33. The second-order valence-electron chi connectivity index (χ2n) is 5.23. The molecule has 3 rings (SSSR count). The van der Waals surface area contributed by atoms with Crippen LogP contribution in [-0.2, 0) is 0 Å². The van der Waals surface area contributed by atoms with Gasteiger partial charge in [-0.2, -0.15) is 0 Å². The van der Waals surface area contributed by atoms with Crippen molar-refractivity contribution in [2.75, 3.05) is 44.2 Å². The maximum atomic E-state index is 10.7. The Morgan fingerprint density at radius 3 is 2.45 bits per heavy atom. The molecule has 6 nitrogen and oxygen atoms in total. The van der Waals surface area contributed by atoms with Crippen LogP contribution in [0.25, 0.3) is 0 Å². The molecule has 0 bridgehead atoms. The van der Waals surface area contributed by atoms with Crippen molar-refractivity contribution >= 4 is 23.0 Å². The first kappa shape index (κ1) is 13.6. The number of halogens is 1. The van der Waals surface area contributed by atoms with Gasteiger partial charge in [0.25, 0.3) is 5.69 Å². The zero-order valence-corrected chi connectivity index (χ0v) is 11.8. The molecule has 0 saturated carbocycles. The Morgan fingerprint density at radius 2 is 1.95 bits per heavy atom. The highest BCUT2D eigenvalue weighted by Crippen LogP contribution is 2.30. The van der Waals surface area contributed by atoms with Gasteiger partial charge in [0.15, 0.2) is 0 Å². The second kappa shape index (κ2) is 5.55. The molecule has 2 fully saturated rings. The zero-order chi connectivity index (χ0) is 14.1. The molecule has 0 atom stereocenters. The van der Waals surface area contributed by atoms with Gasteiger partial charge in [0, 0.05) is 57.4 Å². The third-order valence-electron chi connectivity index (χ3n) is 4.07. The predicted molar refractivity (Wildman–Crippen MR) is 78.6 cm³/mol. The van der Waals surface area contributed by atoms with Crippen LogP contribution in [-0.4, -0.2) is 55.1 Å². The lowest BCUT2D eigenvalue weighted by Gasteiger charge is -2.44. The van der Waals surface area contributed by atoms with E-state index in [0.29, 0.717) is 11.1 Å². The van der Waals surface area contributed by atoms with Crippen LogP contribution in [0.3, 0.4) is 0 Å². The van der Waals surface area contributed by atoms with E-state index in [0.717, 1.165) is 45.0 Å². The van der Waals surface area contributed by atoms with Crippen LogP contribution in [0, 0.1) is 10.1 Å². The minimum Gasteiger partial charge on any atom is -0.368 e. The van der Waals surface area contributed by atoms with Crippen molar-refractivity contribution in [3.05, 3.63) is 33.3 Å². The van der Waals surface area contributed by atoms with Crippen LogP contribution in [0.15, 0.2) is 18.2 Å². The van der Waals surface area contributed by atoms with Crippen molar-refractivity contribution in [1.29, 1.82) is 0 Å². The number of non-ortho nitro benzene ring substituents is 1. The van der Waals surface area contributed by atoms with E-state index >= 15 is 0 Å². The third kappa shape index (κ3) is 2.59. The standard InChI is InChI=1S/C13H17ClN4O2/c14-12-7-10(18(19)20)1-2-13(12)17-5-3-16(4-6-17)11-8-15-9-11/h1-2,7,11,15H,3-6,8-9H2. The van der Waals surface area contributed by atoms with E-state index < -0.39 is 4.92 Å². The van der Waals surface area contributed by atoms with Crippen LogP contribution in [0.5, 0.6) is 0 Å². The zero-order valence-electron chi connectivity index (χ0n) is 11.1.